The summed E-state index contributed by atoms with van der Waals surface area (Å²) in [6.45, 7) is 15.5. The van der Waals surface area contributed by atoms with E-state index < -0.39 is 0 Å². The lowest BCUT2D eigenvalue weighted by molar-refractivity contribution is -0.896. The van der Waals surface area contributed by atoms with Gasteiger partial charge in [-0.3, -0.25) is 0 Å². The quantitative estimate of drug-likeness (QED) is 0.713. The number of rotatable bonds is 8. The Morgan fingerprint density at radius 1 is 1.16 bits per heavy atom. The molecule has 0 saturated carbocycles. The highest BCUT2D eigenvalue weighted by atomic mass is 16.5. The molecule has 0 radical (unpaired) electrons. The maximum Gasteiger partial charge on any atom is 0.122 e. The lowest BCUT2D eigenvalue weighted by atomic mass is 10.0. The number of benzene rings is 1. The molecule has 0 bridgehead atoms. The van der Waals surface area contributed by atoms with Crippen LogP contribution in [0.1, 0.15) is 51.2 Å². The molecule has 0 unspecified atom stereocenters. The predicted octanol–water partition coefficient (Wildman–Crippen LogP) is 2.81. The van der Waals surface area contributed by atoms with Crippen molar-refractivity contribution in [1.82, 2.24) is 0 Å². The van der Waals surface area contributed by atoms with E-state index in [0.717, 1.165) is 18.8 Å². The standard InChI is InChI=1S/C17H29NO/c1-6-18(7-2)11-8-12-19-17-13-16(14(3)4)10-9-15(17)5/h9-10,13-14H,6-8,11-12H2,1-5H3/p+1. The summed E-state index contributed by atoms with van der Waals surface area (Å²) in [5, 5.41) is 0. The van der Waals surface area contributed by atoms with Crippen LogP contribution in [-0.2, 0) is 0 Å². The van der Waals surface area contributed by atoms with Gasteiger partial charge in [0.1, 0.15) is 5.75 Å². The number of hydrogen-bond donors (Lipinski definition) is 1. The lowest BCUT2D eigenvalue weighted by Crippen LogP contribution is -3.11. The van der Waals surface area contributed by atoms with Gasteiger partial charge in [0.2, 0.25) is 0 Å². The first-order chi connectivity index (χ1) is 9.08. The first-order valence-corrected chi connectivity index (χ1v) is 7.65. The molecule has 0 saturated heterocycles. The van der Waals surface area contributed by atoms with Crippen molar-refractivity contribution >= 4 is 0 Å². The van der Waals surface area contributed by atoms with Gasteiger partial charge in [-0.05, 0) is 43.9 Å². The van der Waals surface area contributed by atoms with E-state index in [-0.39, 0.29) is 0 Å². The van der Waals surface area contributed by atoms with E-state index in [0.29, 0.717) is 5.92 Å². The molecule has 19 heavy (non-hydrogen) atoms. The van der Waals surface area contributed by atoms with Gasteiger partial charge >= 0.3 is 0 Å². The molecule has 1 aromatic carbocycles. The predicted molar refractivity (Wildman–Crippen MR) is 82.3 cm³/mol. The Hall–Kier alpha value is -1.02. The maximum atomic E-state index is 5.95. The molecule has 108 valence electrons. The van der Waals surface area contributed by atoms with Crippen LogP contribution in [0.25, 0.3) is 0 Å². The van der Waals surface area contributed by atoms with Crippen molar-refractivity contribution in [3.63, 3.8) is 0 Å². The lowest BCUT2D eigenvalue weighted by Gasteiger charge is -2.16. The largest absolute Gasteiger partial charge is 0.493 e. The molecule has 0 atom stereocenters. The highest BCUT2D eigenvalue weighted by molar-refractivity contribution is 5.37. The minimum Gasteiger partial charge on any atom is -0.493 e. The number of hydrogen-bond acceptors (Lipinski definition) is 1. The van der Waals surface area contributed by atoms with E-state index in [2.05, 4.69) is 52.8 Å². The van der Waals surface area contributed by atoms with Crippen LogP contribution in [0.2, 0.25) is 0 Å². The summed E-state index contributed by atoms with van der Waals surface area (Å²) in [6, 6.07) is 6.57. The summed E-state index contributed by atoms with van der Waals surface area (Å²) in [6.07, 6.45) is 1.13. The first-order valence-electron chi connectivity index (χ1n) is 7.65. The molecule has 0 aliphatic heterocycles. The topological polar surface area (TPSA) is 13.7 Å². The zero-order valence-electron chi connectivity index (χ0n) is 13.3. The minimum atomic E-state index is 0.558. The van der Waals surface area contributed by atoms with Crippen LogP contribution in [0.15, 0.2) is 18.2 Å². The van der Waals surface area contributed by atoms with Crippen molar-refractivity contribution in [2.45, 2.75) is 47.0 Å². The van der Waals surface area contributed by atoms with Gasteiger partial charge in [0, 0.05) is 6.42 Å². The van der Waals surface area contributed by atoms with Crippen LogP contribution < -0.4 is 9.64 Å². The molecule has 0 aromatic heterocycles. The van der Waals surface area contributed by atoms with Crippen LogP contribution in [0.5, 0.6) is 5.75 Å². The molecule has 2 heteroatoms. The van der Waals surface area contributed by atoms with Gasteiger partial charge in [0.25, 0.3) is 0 Å². The SMILES string of the molecule is CC[NH+](CC)CCCOc1cc(C(C)C)ccc1C. The normalized spacial score (nSPS) is 11.3. The minimum absolute atomic E-state index is 0.558. The molecule has 0 fully saturated rings. The molecule has 1 rings (SSSR count). The zero-order valence-corrected chi connectivity index (χ0v) is 13.3. The van der Waals surface area contributed by atoms with E-state index in [4.69, 9.17) is 4.74 Å². The molecule has 0 aliphatic rings. The summed E-state index contributed by atoms with van der Waals surface area (Å²) in [5.74, 6) is 1.61. The van der Waals surface area contributed by atoms with Crippen LogP contribution in [-0.4, -0.2) is 26.2 Å². The Balaban J connectivity index is 2.46. The third-order valence-electron chi connectivity index (χ3n) is 3.81. The highest BCUT2D eigenvalue weighted by Crippen LogP contribution is 2.24. The summed E-state index contributed by atoms with van der Waals surface area (Å²) < 4.78 is 5.95. The molecule has 0 spiro atoms. The average molecular weight is 264 g/mol. The van der Waals surface area contributed by atoms with Crippen LogP contribution in [0.4, 0.5) is 0 Å². The van der Waals surface area contributed by atoms with Gasteiger partial charge in [-0.15, -0.1) is 0 Å². The Labute approximate surface area is 118 Å². The van der Waals surface area contributed by atoms with Crippen molar-refractivity contribution in [3.8, 4) is 5.75 Å². The number of nitrogens with one attached hydrogen (secondary N) is 1. The Bertz CT molecular complexity index is 370. The second-order valence-electron chi connectivity index (χ2n) is 5.59. The highest BCUT2D eigenvalue weighted by Gasteiger charge is 2.06. The fourth-order valence-electron chi connectivity index (χ4n) is 2.24. The van der Waals surface area contributed by atoms with Gasteiger partial charge in [0.15, 0.2) is 0 Å². The summed E-state index contributed by atoms with van der Waals surface area (Å²) in [7, 11) is 0. The van der Waals surface area contributed by atoms with Crippen LogP contribution in [0, 0.1) is 6.92 Å². The molecule has 0 aliphatic carbocycles. The van der Waals surface area contributed by atoms with Crippen LogP contribution >= 0.6 is 0 Å². The Kier molecular flexibility index (Phi) is 6.93. The van der Waals surface area contributed by atoms with Gasteiger partial charge in [-0.1, -0.05) is 26.0 Å². The van der Waals surface area contributed by atoms with Crippen molar-refractivity contribution < 1.29 is 9.64 Å². The third kappa shape index (κ3) is 5.23. The second-order valence-corrected chi connectivity index (χ2v) is 5.59. The average Bonchev–Trinajstić information content (AvgIpc) is 2.40. The van der Waals surface area contributed by atoms with E-state index in [1.54, 1.807) is 4.90 Å². The monoisotopic (exact) mass is 264 g/mol. The number of aryl methyl sites for hydroxylation is 1. The van der Waals surface area contributed by atoms with E-state index in [1.807, 2.05) is 0 Å². The van der Waals surface area contributed by atoms with E-state index in [1.165, 1.54) is 30.8 Å². The smallest absolute Gasteiger partial charge is 0.122 e. The molecule has 2 nitrogen and oxygen atoms in total. The molecule has 0 heterocycles. The van der Waals surface area contributed by atoms with E-state index >= 15 is 0 Å². The summed E-state index contributed by atoms with van der Waals surface area (Å²) >= 11 is 0. The van der Waals surface area contributed by atoms with Crippen LogP contribution in [0.3, 0.4) is 0 Å². The van der Waals surface area contributed by atoms with Crippen molar-refractivity contribution in [2.75, 3.05) is 26.2 Å². The summed E-state index contributed by atoms with van der Waals surface area (Å²) in [5.41, 5.74) is 2.59. The van der Waals surface area contributed by atoms with Gasteiger partial charge in [-0.25, -0.2) is 0 Å². The fraction of sp³-hybridized carbons (Fsp3) is 0.647. The Morgan fingerprint density at radius 3 is 2.42 bits per heavy atom. The zero-order chi connectivity index (χ0) is 14.3. The first kappa shape index (κ1) is 16.0. The van der Waals surface area contributed by atoms with Gasteiger partial charge in [0.05, 0.1) is 26.2 Å². The van der Waals surface area contributed by atoms with Gasteiger partial charge in [-0.2, -0.15) is 0 Å². The Morgan fingerprint density at radius 2 is 1.84 bits per heavy atom. The van der Waals surface area contributed by atoms with E-state index in [9.17, 15) is 0 Å². The second kappa shape index (κ2) is 8.21. The number of ether oxygens (including phenoxy) is 1. The third-order valence-corrected chi connectivity index (χ3v) is 3.81. The molecular weight excluding hydrogens is 234 g/mol. The molecular formula is C17H30NO+. The number of quaternary nitrogens is 1. The molecule has 1 aromatic rings. The summed E-state index contributed by atoms with van der Waals surface area (Å²) in [4.78, 5) is 1.65. The van der Waals surface area contributed by atoms with Crippen molar-refractivity contribution in [2.24, 2.45) is 0 Å². The van der Waals surface area contributed by atoms with Gasteiger partial charge < -0.3 is 9.64 Å². The van der Waals surface area contributed by atoms with Crippen molar-refractivity contribution in [3.05, 3.63) is 29.3 Å². The van der Waals surface area contributed by atoms with Crippen molar-refractivity contribution in [1.29, 1.82) is 0 Å². The maximum absolute atomic E-state index is 5.95. The molecule has 0 amide bonds. The molecule has 1 N–H and O–H groups in total. The fourth-order valence-corrected chi connectivity index (χ4v) is 2.24.